The van der Waals surface area contributed by atoms with Crippen LogP contribution in [0.3, 0.4) is 0 Å². The fraction of sp³-hybridized carbons (Fsp3) is 0.588. The maximum Gasteiger partial charge on any atom is 0.254 e. The topological polar surface area (TPSA) is 32.3 Å². The molecular formula is C17H25ClN2O. The molecule has 0 aliphatic heterocycles. The second kappa shape index (κ2) is 7.17. The van der Waals surface area contributed by atoms with Crippen molar-refractivity contribution < 1.29 is 4.79 Å². The van der Waals surface area contributed by atoms with Crippen molar-refractivity contribution in [1.29, 1.82) is 0 Å². The number of halogens is 1. The van der Waals surface area contributed by atoms with E-state index in [9.17, 15) is 4.79 Å². The van der Waals surface area contributed by atoms with Crippen LogP contribution in [0.5, 0.6) is 0 Å². The van der Waals surface area contributed by atoms with Gasteiger partial charge in [-0.2, -0.15) is 0 Å². The van der Waals surface area contributed by atoms with Gasteiger partial charge >= 0.3 is 0 Å². The molecule has 1 aliphatic rings. The third kappa shape index (κ3) is 4.37. The summed E-state index contributed by atoms with van der Waals surface area (Å²) in [6, 6.07) is 5.60. The van der Waals surface area contributed by atoms with Crippen molar-refractivity contribution in [2.45, 2.75) is 32.6 Å². The second-order valence-corrected chi connectivity index (χ2v) is 6.82. The molecule has 0 bridgehead atoms. The van der Waals surface area contributed by atoms with E-state index in [0.29, 0.717) is 10.6 Å². The van der Waals surface area contributed by atoms with Crippen LogP contribution >= 0.6 is 11.6 Å². The van der Waals surface area contributed by atoms with Gasteiger partial charge in [-0.25, -0.2) is 0 Å². The lowest BCUT2D eigenvalue weighted by Crippen LogP contribution is -2.23. The highest BCUT2D eigenvalue weighted by Crippen LogP contribution is 2.29. The maximum absolute atomic E-state index is 12.1. The minimum atomic E-state index is -0.0602. The van der Waals surface area contributed by atoms with E-state index in [0.717, 1.165) is 24.1 Å². The van der Waals surface area contributed by atoms with Crippen LogP contribution in [0.2, 0.25) is 5.02 Å². The van der Waals surface area contributed by atoms with Gasteiger partial charge < -0.3 is 10.2 Å². The number of hydrogen-bond donors (Lipinski definition) is 1. The van der Waals surface area contributed by atoms with Crippen molar-refractivity contribution in [2.24, 2.45) is 11.8 Å². The van der Waals surface area contributed by atoms with Gasteiger partial charge in [0.15, 0.2) is 0 Å². The fourth-order valence-corrected chi connectivity index (χ4v) is 3.25. The summed E-state index contributed by atoms with van der Waals surface area (Å²) in [6.45, 7) is 3.31. The summed E-state index contributed by atoms with van der Waals surface area (Å²) in [5, 5.41) is 3.97. The summed E-state index contributed by atoms with van der Waals surface area (Å²) in [4.78, 5) is 13.6. The molecule has 1 aromatic carbocycles. The first kappa shape index (κ1) is 16.2. The van der Waals surface area contributed by atoms with Gasteiger partial charge in [0.1, 0.15) is 0 Å². The lowest BCUT2D eigenvalue weighted by molar-refractivity contribution is 0.0828. The molecule has 2 unspecified atom stereocenters. The molecule has 3 nitrogen and oxygen atoms in total. The van der Waals surface area contributed by atoms with Crippen molar-refractivity contribution in [2.75, 3.05) is 26.0 Å². The molecule has 4 heteroatoms. The molecule has 116 valence electrons. The zero-order valence-corrected chi connectivity index (χ0v) is 13.9. The molecule has 1 amide bonds. The largest absolute Gasteiger partial charge is 0.385 e. The molecule has 0 radical (unpaired) electrons. The number of nitrogens with one attached hydrogen (secondary N) is 1. The number of amides is 1. The van der Waals surface area contributed by atoms with Crippen molar-refractivity contribution in [3.8, 4) is 0 Å². The van der Waals surface area contributed by atoms with Crippen LogP contribution in [0, 0.1) is 11.8 Å². The first-order chi connectivity index (χ1) is 9.97. The quantitative estimate of drug-likeness (QED) is 0.900. The minimum Gasteiger partial charge on any atom is -0.385 e. The minimum absolute atomic E-state index is 0.0602. The molecule has 1 aliphatic carbocycles. The van der Waals surface area contributed by atoms with Gasteiger partial charge in [0.2, 0.25) is 0 Å². The predicted octanol–water partition coefficient (Wildman–Crippen LogP) is 4.28. The second-order valence-electron chi connectivity index (χ2n) is 6.41. The standard InChI is InChI=1S/C17H25ClN2O/c1-12-5-4-6-13(9-12)11-19-14-7-8-16(18)15(10-14)17(21)20(2)3/h7-8,10,12-13,19H,4-6,9,11H2,1-3H3. The molecule has 1 fully saturated rings. The van der Waals surface area contributed by atoms with Crippen LogP contribution in [0.15, 0.2) is 18.2 Å². The van der Waals surface area contributed by atoms with Gasteiger partial charge in [0.05, 0.1) is 10.6 Å². The summed E-state index contributed by atoms with van der Waals surface area (Å²) in [5.41, 5.74) is 1.53. The normalized spacial score (nSPS) is 21.9. The Morgan fingerprint density at radius 3 is 2.81 bits per heavy atom. The van der Waals surface area contributed by atoms with Gasteiger partial charge in [-0.1, -0.05) is 31.4 Å². The Balaban J connectivity index is 2.00. The van der Waals surface area contributed by atoms with E-state index in [1.165, 1.54) is 25.7 Å². The van der Waals surface area contributed by atoms with Crippen molar-refractivity contribution in [3.05, 3.63) is 28.8 Å². The summed E-state index contributed by atoms with van der Waals surface area (Å²) >= 11 is 6.13. The third-order valence-electron chi connectivity index (χ3n) is 4.24. The molecule has 2 atom stereocenters. The summed E-state index contributed by atoms with van der Waals surface area (Å²) in [6.07, 6.45) is 5.29. The molecular weight excluding hydrogens is 284 g/mol. The number of rotatable bonds is 4. The van der Waals surface area contributed by atoms with E-state index < -0.39 is 0 Å². The molecule has 1 N–H and O–H groups in total. The number of hydrogen-bond acceptors (Lipinski definition) is 2. The molecule has 1 saturated carbocycles. The number of carbonyl (C=O) groups is 1. The first-order valence-electron chi connectivity index (χ1n) is 7.72. The van der Waals surface area contributed by atoms with Crippen LogP contribution in [0.25, 0.3) is 0 Å². The monoisotopic (exact) mass is 308 g/mol. The van der Waals surface area contributed by atoms with Gasteiger partial charge in [0.25, 0.3) is 5.91 Å². The Hall–Kier alpha value is -1.22. The number of benzene rings is 1. The van der Waals surface area contributed by atoms with Gasteiger partial charge in [0, 0.05) is 26.3 Å². The van der Waals surface area contributed by atoms with Gasteiger partial charge in [-0.05, 0) is 42.9 Å². The first-order valence-corrected chi connectivity index (χ1v) is 8.10. The van der Waals surface area contributed by atoms with Crippen LogP contribution in [0.4, 0.5) is 5.69 Å². The van der Waals surface area contributed by atoms with E-state index in [2.05, 4.69) is 12.2 Å². The van der Waals surface area contributed by atoms with Crippen molar-refractivity contribution in [1.82, 2.24) is 4.90 Å². The summed E-state index contributed by atoms with van der Waals surface area (Å²) in [5.74, 6) is 1.51. The van der Waals surface area contributed by atoms with E-state index in [1.807, 2.05) is 12.1 Å². The van der Waals surface area contributed by atoms with Crippen LogP contribution in [0.1, 0.15) is 43.0 Å². The predicted molar refractivity (Wildman–Crippen MR) is 89.1 cm³/mol. The zero-order chi connectivity index (χ0) is 15.4. The average Bonchev–Trinajstić information content (AvgIpc) is 2.45. The molecule has 21 heavy (non-hydrogen) atoms. The molecule has 1 aromatic rings. The van der Waals surface area contributed by atoms with E-state index in [-0.39, 0.29) is 5.91 Å². The van der Waals surface area contributed by atoms with E-state index in [1.54, 1.807) is 25.1 Å². The highest BCUT2D eigenvalue weighted by Gasteiger charge is 2.19. The van der Waals surface area contributed by atoms with Gasteiger partial charge in [-0.15, -0.1) is 0 Å². The van der Waals surface area contributed by atoms with Crippen LogP contribution < -0.4 is 5.32 Å². The zero-order valence-electron chi connectivity index (χ0n) is 13.2. The third-order valence-corrected chi connectivity index (χ3v) is 4.57. The summed E-state index contributed by atoms with van der Waals surface area (Å²) in [7, 11) is 3.48. The Morgan fingerprint density at radius 1 is 1.38 bits per heavy atom. The maximum atomic E-state index is 12.1. The highest BCUT2D eigenvalue weighted by atomic mass is 35.5. The fourth-order valence-electron chi connectivity index (χ4n) is 3.05. The Kier molecular flexibility index (Phi) is 5.51. The summed E-state index contributed by atoms with van der Waals surface area (Å²) < 4.78 is 0. The average molecular weight is 309 g/mol. The molecule has 0 heterocycles. The number of carbonyl (C=O) groups excluding carboxylic acids is 1. The van der Waals surface area contributed by atoms with Crippen LogP contribution in [-0.4, -0.2) is 31.4 Å². The molecule has 0 saturated heterocycles. The number of anilines is 1. The Bertz CT molecular complexity index is 502. The lowest BCUT2D eigenvalue weighted by Gasteiger charge is -2.27. The SMILES string of the molecule is CC1CCCC(CNc2ccc(Cl)c(C(=O)N(C)C)c2)C1. The highest BCUT2D eigenvalue weighted by molar-refractivity contribution is 6.34. The molecule has 0 spiro atoms. The Morgan fingerprint density at radius 2 is 2.14 bits per heavy atom. The van der Waals surface area contributed by atoms with Crippen molar-refractivity contribution >= 4 is 23.2 Å². The number of nitrogens with zero attached hydrogens (tertiary/aromatic N) is 1. The van der Waals surface area contributed by atoms with E-state index >= 15 is 0 Å². The van der Waals surface area contributed by atoms with Crippen molar-refractivity contribution in [3.63, 3.8) is 0 Å². The molecule has 0 aromatic heterocycles. The van der Waals surface area contributed by atoms with Crippen LogP contribution in [-0.2, 0) is 0 Å². The smallest absolute Gasteiger partial charge is 0.254 e. The molecule has 2 rings (SSSR count). The lowest BCUT2D eigenvalue weighted by atomic mass is 9.82. The van der Waals surface area contributed by atoms with Gasteiger partial charge in [-0.3, -0.25) is 4.79 Å². The Labute approximate surface area is 132 Å². The van der Waals surface area contributed by atoms with E-state index in [4.69, 9.17) is 11.6 Å².